The summed E-state index contributed by atoms with van der Waals surface area (Å²) in [6.45, 7) is 0.313. The Morgan fingerprint density at radius 2 is 2.12 bits per heavy atom. The Morgan fingerprint density at radius 1 is 1.29 bits per heavy atom. The van der Waals surface area contributed by atoms with Crippen LogP contribution in [0.4, 0.5) is 0 Å². The first-order valence-electron chi connectivity index (χ1n) is 7.63. The fourth-order valence-electron chi connectivity index (χ4n) is 2.36. The number of furan rings is 1. The molecule has 0 amide bonds. The van der Waals surface area contributed by atoms with Crippen LogP contribution < -0.4 is 0 Å². The molecule has 0 fully saturated rings. The fourth-order valence-corrected chi connectivity index (χ4v) is 2.59. The van der Waals surface area contributed by atoms with Gasteiger partial charge in [0.25, 0.3) is 0 Å². The zero-order valence-corrected chi connectivity index (χ0v) is 14.0. The number of hydrogen-bond acceptors (Lipinski definition) is 4. The molecule has 6 heteroatoms. The number of benzene rings is 1. The number of aryl methyl sites for hydroxylation is 2. The number of aromatic nitrogens is 2. The molecule has 0 aliphatic rings. The lowest BCUT2D eigenvalue weighted by molar-refractivity contribution is 0.0464. The van der Waals surface area contributed by atoms with Crippen molar-refractivity contribution < 1.29 is 13.9 Å². The van der Waals surface area contributed by atoms with Crippen molar-refractivity contribution in [3.05, 3.63) is 65.4 Å². The normalized spacial score (nSPS) is 10.8. The van der Waals surface area contributed by atoms with Crippen molar-refractivity contribution in [2.24, 2.45) is 7.05 Å². The maximum atomic E-state index is 12.0. The molecule has 3 aromatic rings. The molecule has 0 radical (unpaired) electrons. The first-order chi connectivity index (χ1) is 11.6. The molecule has 5 nitrogen and oxygen atoms in total. The molecule has 0 aliphatic heterocycles. The maximum Gasteiger partial charge on any atom is 0.374 e. The molecule has 0 atom stereocenters. The van der Waals surface area contributed by atoms with Gasteiger partial charge in [-0.15, -0.1) is 0 Å². The van der Waals surface area contributed by atoms with Gasteiger partial charge in [-0.05, 0) is 30.7 Å². The molecule has 124 valence electrons. The predicted molar refractivity (Wildman–Crippen MR) is 91.0 cm³/mol. The Balaban J connectivity index is 1.54. The Hall–Kier alpha value is -2.53. The molecule has 0 aliphatic carbocycles. The molecule has 0 saturated carbocycles. The number of imidazole rings is 1. The smallest absolute Gasteiger partial charge is 0.374 e. The fraction of sp³-hybridized carbons (Fsp3) is 0.222. The molecule has 0 bridgehead atoms. The van der Waals surface area contributed by atoms with Crippen LogP contribution in [-0.4, -0.2) is 22.1 Å². The van der Waals surface area contributed by atoms with Crippen LogP contribution >= 0.6 is 11.6 Å². The van der Waals surface area contributed by atoms with Crippen LogP contribution in [0.15, 0.2) is 53.2 Å². The minimum Gasteiger partial charge on any atom is -0.460 e. The van der Waals surface area contributed by atoms with E-state index in [1.165, 1.54) is 0 Å². The zero-order valence-electron chi connectivity index (χ0n) is 13.2. The van der Waals surface area contributed by atoms with Crippen LogP contribution in [0.1, 0.15) is 22.8 Å². The second kappa shape index (κ2) is 7.36. The van der Waals surface area contributed by atoms with Crippen molar-refractivity contribution in [2.45, 2.75) is 12.8 Å². The van der Waals surface area contributed by atoms with E-state index in [-0.39, 0.29) is 5.76 Å². The minimum atomic E-state index is -0.479. The second-order valence-electron chi connectivity index (χ2n) is 5.34. The Morgan fingerprint density at radius 3 is 2.88 bits per heavy atom. The lowest BCUT2D eigenvalue weighted by atomic mass is 10.2. The molecular formula is C18H17ClN2O3. The van der Waals surface area contributed by atoms with Gasteiger partial charge in [-0.2, -0.15) is 0 Å². The van der Waals surface area contributed by atoms with Gasteiger partial charge in [-0.3, -0.25) is 0 Å². The average molecular weight is 345 g/mol. The third-order valence-electron chi connectivity index (χ3n) is 3.65. The van der Waals surface area contributed by atoms with Crippen molar-refractivity contribution in [3.63, 3.8) is 0 Å². The lowest BCUT2D eigenvalue weighted by Gasteiger charge is -2.04. The SMILES string of the molecule is Cn1ccnc1CCCOC(=O)c1ccc(-c2ccccc2Cl)o1. The van der Waals surface area contributed by atoms with E-state index in [2.05, 4.69) is 4.98 Å². The quantitative estimate of drug-likeness (QED) is 0.498. The summed E-state index contributed by atoms with van der Waals surface area (Å²) in [6, 6.07) is 10.6. The number of nitrogens with zero attached hydrogens (tertiary/aromatic N) is 2. The molecule has 0 spiro atoms. The van der Waals surface area contributed by atoms with E-state index in [1.807, 2.05) is 36.0 Å². The molecule has 0 saturated heterocycles. The summed E-state index contributed by atoms with van der Waals surface area (Å²) in [7, 11) is 1.94. The van der Waals surface area contributed by atoms with Gasteiger partial charge in [0.05, 0.1) is 11.6 Å². The Labute approximate surface area is 144 Å². The number of rotatable bonds is 6. The van der Waals surface area contributed by atoms with Gasteiger partial charge >= 0.3 is 5.97 Å². The number of halogens is 1. The van der Waals surface area contributed by atoms with E-state index in [4.69, 9.17) is 20.8 Å². The molecule has 3 rings (SSSR count). The number of carbonyl (C=O) groups excluding carboxylic acids is 1. The van der Waals surface area contributed by atoms with Crippen molar-refractivity contribution in [2.75, 3.05) is 6.61 Å². The standard InChI is InChI=1S/C18H17ClN2O3/c1-21-11-10-20-17(21)7-4-12-23-18(22)16-9-8-15(24-16)13-5-2-3-6-14(13)19/h2-3,5-6,8-11H,4,7,12H2,1H3. The first-order valence-corrected chi connectivity index (χ1v) is 8.01. The number of esters is 1. The highest BCUT2D eigenvalue weighted by Crippen LogP contribution is 2.29. The number of hydrogen-bond donors (Lipinski definition) is 0. The molecule has 24 heavy (non-hydrogen) atoms. The van der Waals surface area contributed by atoms with Gasteiger partial charge in [0, 0.05) is 31.4 Å². The molecular weight excluding hydrogens is 328 g/mol. The van der Waals surface area contributed by atoms with Crippen LogP contribution in [0.2, 0.25) is 5.02 Å². The van der Waals surface area contributed by atoms with Crippen molar-refractivity contribution in [3.8, 4) is 11.3 Å². The minimum absolute atomic E-state index is 0.168. The summed E-state index contributed by atoms with van der Waals surface area (Å²) in [5.41, 5.74) is 0.744. The van der Waals surface area contributed by atoms with E-state index in [0.717, 1.165) is 17.8 Å². The summed E-state index contributed by atoms with van der Waals surface area (Å²) >= 11 is 6.13. The van der Waals surface area contributed by atoms with Crippen LogP contribution in [0, 0.1) is 0 Å². The van der Waals surface area contributed by atoms with Crippen LogP contribution in [0.25, 0.3) is 11.3 Å². The molecule has 2 heterocycles. The van der Waals surface area contributed by atoms with Crippen LogP contribution in [0.5, 0.6) is 0 Å². The van der Waals surface area contributed by atoms with Crippen molar-refractivity contribution in [1.29, 1.82) is 0 Å². The van der Waals surface area contributed by atoms with Crippen LogP contribution in [0.3, 0.4) is 0 Å². The van der Waals surface area contributed by atoms with Gasteiger partial charge in [-0.1, -0.05) is 23.7 Å². The van der Waals surface area contributed by atoms with Crippen molar-refractivity contribution in [1.82, 2.24) is 9.55 Å². The van der Waals surface area contributed by atoms with E-state index in [1.54, 1.807) is 24.4 Å². The van der Waals surface area contributed by atoms with Gasteiger partial charge in [0.1, 0.15) is 11.6 Å². The van der Waals surface area contributed by atoms with E-state index >= 15 is 0 Å². The van der Waals surface area contributed by atoms with Gasteiger partial charge < -0.3 is 13.7 Å². The Kier molecular flexibility index (Phi) is 5.01. The van der Waals surface area contributed by atoms with Crippen molar-refractivity contribution >= 4 is 17.6 Å². The largest absolute Gasteiger partial charge is 0.460 e. The van der Waals surface area contributed by atoms with E-state index in [9.17, 15) is 4.79 Å². The summed E-state index contributed by atoms with van der Waals surface area (Å²) in [4.78, 5) is 16.3. The molecule has 0 N–H and O–H groups in total. The zero-order chi connectivity index (χ0) is 16.9. The van der Waals surface area contributed by atoms with E-state index in [0.29, 0.717) is 23.8 Å². The highest BCUT2D eigenvalue weighted by molar-refractivity contribution is 6.33. The highest BCUT2D eigenvalue weighted by atomic mass is 35.5. The highest BCUT2D eigenvalue weighted by Gasteiger charge is 2.15. The third-order valence-corrected chi connectivity index (χ3v) is 3.97. The average Bonchev–Trinajstić information content (AvgIpc) is 3.21. The maximum absolute atomic E-state index is 12.0. The topological polar surface area (TPSA) is 57.3 Å². The number of ether oxygens (including phenoxy) is 1. The summed E-state index contributed by atoms with van der Waals surface area (Å²) in [6.07, 6.45) is 5.09. The van der Waals surface area contributed by atoms with Gasteiger partial charge in [-0.25, -0.2) is 9.78 Å². The molecule has 1 aromatic carbocycles. The van der Waals surface area contributed by atoms with E-state index < -0.39 is 5.97 Å². The Bertz CT molecular complexity index is 838. The summed E-state index contributed by atoms with van der Waals surface area (Å²) in [5, 5.41) is 0.571. The van der Waals surface area contributed by atoms with Gasteiger partial charge in [0.2, 0.25) is 5.76 Å². The first kappa shape index (κ1) is 16.3. The summed E-state index contributed by atoms with van der Waals surface area (Å²) < 4.78 is 12.8. The van der Waals surface area contributed by atoms with Crippen LogP contribution in [-0.2, 0) is 18.2 Å². The predicted octanol–water partition coefficient (Wildman–Crippen LogP) is 4.12. The number of carbonyl (C=O) groups is 1. The summed E-state index contributed by atoms with van der Waals surface area (Å²) in [5.74, 6) is 1.20. The third kappa shape index (κ3) is 3.68. The van der Waals surface area contributed by atoms with Gasteiger partial charge in [0.15, 0.2) is 0 Å². The lowest BCUT2D eigenvalue weighted by Crippen LogP contribution is -2.07. The monoisotopic (exact) mass is 344 g/mol. The molecule has 2 aromatic heterocycles. The second-order valence-corrected chi connectivity index (χ2v) is 5.74. The molecule has 0 unspecified atom stereocenters.